The molecule has 1 heterocycles. The van der Waals surface area contributed by atoms with Gasteiger partial charge in [0.05, 0.1) is 31.1 Å². The van der Waals surface area contributed by atoms with Crippen LogP contribution in [0.5, 0.6) is 0 Å². The zero-order valence-electron chi connectivity index (χ0n) is 13.3. The number of benzene rings is 1. The van der Waals surface area contributed by atoms with Crippen molar-refractivity contribution in [2.24, 2.45) is 0 Å². The zero-order chi connectivity index (χ0) is 17.0. The molecule has 8 heteroatoms. The van der Waals surface area contributed by atoms with Crippen LogP contribution < -0.4 is 10.2 Å². The molecule has 1 aromatic carbocycles. The first-order chi connectivity index (χ1) is 10.8. The Bertz CT molecular complexity index is 694. The van der Waals surface area contributed by atoms with Crippen LogP contribution in [0.2, 0.25) is 0 Å². The van der Waals surface area contributed by atoms with Gasteiger partial charge in [-0.15, -0.1) is 0 Å². The summed E-state index contributed by atoms with van der Waals surface area (Å²) in [5, 5.41) is 2.73. The Kier molecular flexibility index (Phi) is 5.38. The van der Waals surface area contributed by atoms with E-state index in [0.29, 0.717) is 25.3 Å². The van der Waals surface area contributed by atoms with E-state index in [2.05, 4.69) is 5.32 Å². The van der Waals surface area contributed by atoms with E-state index in [1.807, 2.05) is 0 Å². The van der Waals surface area contributed by atoms with Gasteiger partial charge in [0, 0.05) is 18.9 Å². The smallest absolute Gasteiger partial charge is 0.279 e. The topological polar surface area (TPSA) is 88.0 Å². The molecule has 7 nitrogen and oxygen atoms in total. The van der Waals surface area contributed by atoms with Crippen molar-refractivity contribution in [2.75, 3.05) is 44.3 Å². The lowest BCUT2D eigenvalue weighted by Crippen LogP contribution is -3.15. The Morgan fingerprint density at radius 3 is 2.48 bits per heavy atom. The summed E-state index contributed by atoms with van der Waals surface area (Å²) >= 11 is 0. The Morgan fingerprint density at radius 2 is 1.91 bits per heavy atom. The molecule has 1 saturated heterocycles. The number of anilines is 1. The number of piperazine rings is 1. The number of hydrogen-bond acceptors (Lipinski definition) is 4. The third-order valence-corrected chi connectivity index (χ3v) is 4.98. The lowest BCUT2D eigenvalue weighted by molar-refractivity contribution is -0.895. The van der Waals surface area contributed by atoms with Gasteiger partial charge in [-0.3, -0.25) is 9.59 Å². The van der Waals surface area contributed by atoms with E-state index in [1.54, 1.807) is 24.0 Å². The Hall–Kier alpha value is -1.93. The van der Waals surface area contributed by atoms with Gasteiger partial charge in [-0.25, -0.2) is 8.42 Å². The van der Waals surface area contributed by atoms with Crippen molar-refractivity contribution in [1.82, 2.24) is 4.90 Å². The first-order valence-electron chi connectivity index (χ1n) is 7.45. The zero-order valence-corrected chi connectivity index (χ0v) is 14.1. The second-order valence-corrected chi connectivity index (χ2v) is 7.80. The predicted octanol–water partition coefficient (Wildman–Crippen LogP) is -1.22. The number of nitrogens with one attached hydrogen (secondary N) is 2. The van der Waals surface area contributed by atoms with Crippen molar-refractivity contribution < 1.29 is 22.9 Å². The molecule has 1 aliphatic rings. The minimum Gasteiger partial charge on any atom is -0.332 e. The fraction of sp³-hybridized carbons (Fsp3) is 0.467. The van der Waals surface area contributed by atoms with Crippen LogP contribution in [0.15, 0.2) is 29.2 Å². The monoisotopic (exact) mass is 340 g/mol. The molecule has 1 aliphatic heterocycles. The molecular formula is C15H22N3O4S+. The summed E-state index contributed by atoms with van der Waals surface area (Å²) in [5.41, 5.74) is 0.472. The molecule has 0 atom stereocenters. The highest BCUT2D eigenvalue weighted by atomic mass is 32.2. The summed E-state index contributed by atoms with van der Waals surface area (Å²) in [7, 11) is -3.30. The first-order valence-corrected chi connectivity index (χ1v) is 9.34. The summed E-state index contributed by atoms with van der Waals surface area (Å²) in [4.78, 5) is 26.4. The van der Waals surface area contributed by atoms with Gasteiger partial charge in [0.1, 0.15) is 0 Å². The molecule has 0 aliphatic carbocycles. The lowest BCUT2D eigenvalue weighted by Gasteiger charge is -2.31. The van der Waals surface area contributed by atoms with E-state index in [4.69, 9.17) is 0 Å². The van der Waals surface area contributed by atoms with Crippen molar-refractivity contribution in [3.63, 3.8) is 0 Å². The molecule has 0 bridgehead atoms. The number of sulfone groups is 1. The fourth-order valence-corrected chi connectivity index (χ4v) is 3.22. The van der Waals surface area contributed by atoms with Crippen LogP contribution in [0.4, 0.5) is 5.69 Å². The molecule has 0 aromatic heterocycles. The summed E-state index contributed by atoms with van der Waals surface area (Å²) < 4.78 is 23.0. The fourth-order valence-electron chi connectivity index (χ4n) is 2.55. The SMILES string of the molecule is CC(=O)N1CC[NH+](CC(=O)Nc2cccc(S(C)(=O)=O)c2)CC1. The van der Waals surface area contributed by atoms with Gasteiger partial charge in [0.15, 0.2) is 16.4 Å². The van der Waals surface area contributed by atoms with E-state index >= 15 is 0 Å². The molecule has 2 amide bonds. The van der Waals surface area contributed by atoms with E-state index < -0.39 is 9.84 Å². The molecular weight excluding hydrogens is 318 g/mol. The van der Waals surface area contributed by atoms with E-state index in [0.717, 1.165) is 24.2 Å². The predicted molar refractivity (Wildman–Crippen MR) is 86.0 cm³/mol. The summed E-state index contributed by atoms with van der Waals surface area (Å²) in [5.74, 6) is -0.104. The lowest BCUT2D eigenvalue weighted by atomic mass is 10.3. The highest BCUT2D eigenvalue weighted by Crippen LogP contribution is 2.14. The van der Waals surface area contributed by atoms with Gasteiger partial charge in [-0.2, -0.15) is 0 Å². The third kappa shape index (κ3) is 5.04. The van der Waals surface area contributed by atoms with Crippen LogP contribution in [0.1, 0.15) is 6.92 Å². The van der Waals surface area contributed by atoms with E-state index in [9.17, 15) is 18.0 Å². The maximum atomic E-state index is 12.1. The molecule has 0 spiro atoms. The highest BCUT2D eigenvalue weighted by Gasteiger charge is 2.23. The Balaban J connectivity index is 1.90. The maximum Gasteiger partial charge on any atom is 0.279 e. The number of hydrogen-bond donors (Lipinski definition) is 2. The van der Waals surface area contributed by atoms with Crippen LogP contribution in [0.25, 0.3) is 0 Å². The normalized spacial score (nSPS) is 16.2. The molecule has 0 unspecified atom stereocenters. The van der Waals surface area contributed by atoms with Gasteiger partial charge in [-0.05, 0) is 18.2 Å². The third-order valence-electron chi connectivity index (χ3n) is 3.87. The van der Waals surface area contributed by atoms with Crippen molar-refractivity contribution in [2.45, 2.75) is 11.8 Å². The Morgan fingerprint density at radius 1 is 1.26 bits per heavy atom. The number of rotatable bonds is 4. The minimum atomic E-state index is -3.30. The van der Waals surface area contributed by atoms with Crippen molar-refractivity contribution in [3.8, 4) is 0 Å². The quantitative estimate of drug-likeness (QED) is 0.719. The number of quaternary nitrogens is 1. The van der Waals surface area contributed by atoms with Gasteiger partial charge in [-0.1, -0.05) is 6.07 Å². The molecule has 0 saturated carbocycles. The minimum absolute atomic E-state index is 0.0612. The van der Waals surface area contributed by atoms with Crippen molar-refractivity contribution in [1.29, 1.82) is 0 Å². The maximum absolute atomic E-state index is 12.1. The summed E-state index contributed by atoms with van der Waals surface area (Å²) in [6.07, 6.45) is 1.13. The van der Waals surface area contributed by atoms with Crippen LogP contribution >= 0.6 is 0 Å². The molecule has 126 valence electrons. The van der Waals surface area contributed by atoms with Gasteiger partial charge in [0.25, 0.3) is 5.91 Å². The summed E-state index contributed by atoms with van der Waals surface area (Å²) in [6, 6.07) is 6.22. The average Bonchev–Trinajstić information content (AvgIpc) is 2.47. The summed E-state index contributed by atoms with van der Waals surface area (Å²) in [6.45, 7) is 4.62. The molecule has 0 radical (unpaired) electrons. The molecule has 1 fully saturated rings. The van der Waals surface area contributed by atoms with Crippen LogP contribution in [0, 0.1) is 0 Å². The van der Waals surface area contributed by atoms with Crippen LogP contribution in [-0.4, -0.2) is 64.1 Å². The van der Waals surface area contributed by atoms with Crippen LogP contribution in [0.3, 0.4) is 0 Å². The van der Waals surface area contributed by atoms with E-state index in [-0.39, 0.29) is 16.7 Å². The first kappa shape index (κ1) is 17.4. The van der Waals surface area contributed by atoms with E-state index in [1.165, 1.54) is 12.1 Å². The van der Waals surface area contributed by atoms with Gasteiger partial charge in [0.2, 0.25) is 5.91 Å². The number of carbonyl (C=O) groups is 2. The number of carbonyl (C=O) groups excluding carboxylic acids is 2. The van der Waals surface area contributed by atoms with Crippen molar-refractivity contribution in [3.05, 3.63) is 24.3 Å². The second-order valence-electron chi connectivity index (χ2n) is 5.78. The highest BCUT2D eigenvalue weighted by molar-refractivity contribution is 7.90. The molecule has 23 heavy (non-hydrogen) atoms. The molecule has 2 N–H and O–H groups in total. The average molecular weight is 340 g/mol. The molecule has 1 aromatic rings. The number of nitrogens with zero attached hydrogens (tertiary/aromatic N) is 1. The van der Waals surface area contributed by atoms with Crippen LogP contribution in [-0.2, 0) is 19.4 Å². The standard InChI is InChI=1S/C15H21N3O4S/c1-12(19)18-8-6-17(7-9-18)11-15(20)16-13-4-3-5-14(10-13)23(2,21)22/h3-5,10H,6-9,11H2,1-2H3,(H,16,20)/p+1. The largest absolute Gasteiger partial charge is 0.332 e. The second kappa shape index (κ2) is 7.10. The van der Waals surface area contributed by atoms with Gasteiger partial charge >= 0.3 is 0 Å². The molecule has 2 rings (SSSR count). The Labute approximate surface area is 136 Å². The van der Waals surface area contributed by atoms with Gasteiger partial charge < -0.3 is 15.1 Å². The van der Waals surface area contributed by atoms with Crippen molar-refractivity contribution >= 4 is 27.3 Å². The number of amides is 2.